The minimum Gasteiger partial charge on any atom is -0.347 e. The third kappa shape index (κ3) is 3.40. The van der Waals surface area contributed by atoms with Crippen LogP contribution in [0.15, 0.2) is 57.3 Å². The molecular weight excluding hydrogens is 382 g/mol. The number of nitrogens with one attached hydrogen (secondary N) is 1. The highest BCUT2D eigenvalue weighted by atomic mass is 32.2. The number of aromatic nitrogens is 1. The fraction of sp³-hybridized carbons (Fsp3) is 0.316. The third-order valence-electron chi connectivity index (χ3n) is 5.00. The number of hydrogen-bond acceptors (Lipinski definition) is 6. The normalized spacial score (nSPS) is 22.0. The van der Waals surface area contributed by atoms with Crippen molar-refractivity contribution in [1.82, 2.24) is 9.88 Å². The largest absolute Gasteiger partial charge is 0.347 e. The molecule has 0 bridgehead atoms. The van der Waals surface area contributed by atoms with Gasteiger partial charge in [-0.3, -0.25) is 0 Å². The van der Waals surface area contributed by atoms with E-state index in [-0.39, 0.29) is 15.7 Å². The summed E-state index contributed by atoms with van der Waals surface area (Å²) in [5.74, 6) is 0.623. The minimum atomic E-state index is -3.57. The molecule has 0 spiro atoms. The zero-order valence-corrected chi connectivity index (χ0v) is 17.0. The molecule has 1 aliphatic rings. The van der Waals surface area contributed by atoms with E-state index in [2.05, 4.69) is 16.8 Å². The first-order chi connectivity index (χ1) is 12.8. The molecule has 2 atom stereocenters. The smallest absolute Gasteiger partial charge is 0.250 e. The van der Waals surface area contributed by atoms with Crippen molar-refractivity contribution in [3.05, 3.63) is 54.1 Å². The van der Waals surface area contributed by atoms with Crippen molar-refractivity contribution in [3.8, 4) is 10.6 Å². The zero-order valence-electron chi connectivity index (χ0n) is 15.3. The Labute approximate surface area is 162 Å². The van der Waals surface area contributed by atoms with Crippen LogP contribution in [-0.2, 0) is 15.4 Å². The van der Waals surface area contributed by atoms with Gasteiger partial charge in [0.2, 0.25) is 15.9 Å². The van der Waals surface area contributed by atoms with Gasteiger partial charge in [0.1, 0.15) is 9.90 Å². The molecule has 142 valence electrons. The molecule has 0 amide bonds. The number of thiophene rings is 1. The first kappa shape index (κ1) is 18.2. The van der Waals surface area contributed by atoms with Crippen LogP contribution < -0.4 is 9.62 Å². The van der Waals surface area contributed by atoms with Crippen molar-refractivity contribution in [2.45, 2.75) is 29.0 Å². The second kappa shape index (κ2) is 6.47. The summed E-state index contributed by atoms with van der Waals surface area (Å²) >= 11 is 1.19. The van der Waals surface area contributed by atoms with Gasteiger partial charge in [-0.05, 0) is 24.1 Å². The number of nitrogens with zero attached hydrogens (tertiary/aromatic N) is 2. The van der Waals surface area contributed by atoms with Crippen LogP contribution in [0.3, 0.4) is 0 Å². The Hall–Kier alpha value is -2.16. The summed E-state index contributed by atoms with van der Waals surface area (Å²) in [4.78, 5) is 2.56. The van der Waals surface area contributed by atoms with Gasteiger partial charge in [0.15, 0.2) is 0 Å². The van der Waals surface area contributed by atoms with Crippen LogP contribution >= 0.6 is 11.3 Å². The topological polar surface area (TPSA) is 75.4 Å². The highest BCUT2D eigenvalue weighted by Gasteiger charge is 2.53. The van der Waals surface area contributed by atoms with Crippen molar-refractivity contribution >= 4 is 27.2 Å². The van der Waals surface area contributed by atoms with Gasteiger partial charge in [-0.15, -0.1) is 11.3 Å². The molecule has 2 heterocycles. The Kier molecular flexibility index (Phi) is 4.37. The first-order valence-corrected chi connectivity index (χ1v) is 10.9. The molecule has 0 saturated heterocycles. The predicted octanol–water partition coefficient (Wildman–Crippen LogP) is 3.48. The lowest BCUT2D eigenvalue weighted by molar-refractivity contribution is 0.426. The van der Waals surface area contributed by atoms with E-state index in [0.717, 1.165) is 16.9 Å². The maximum absolute atomic E-state index is 12.8. The van der Waals surface area contributed by atoms with E-state index in [0.29, 0.717) is 11.6 Å². The third-order valence-corrected chi connectivity index (χ3v) is 8.08. The van der Waals surface area contributed by atoms with Gasteiger partial charge in [-0.25, -0.2) is 13.1 Å². The number of sulfonamides is 1. The number of anilines is 1. The monoisotopic (exact) mass is 403 g/mol. The fourth-order valence-electron chi connectivity index (χ4n) is 3.11. The summed E-state index contributed by atoms with van der Waals surface area (Å²) in [6.45, 7) is 2.09. The summed E-state index contributed by atoms with van der Waals surface area (Å²) < 4.78 is 34.0. The molecule has 0 unspecified atom stereocenters. The summed E-state index contributed by atoms with van der Waals surface area (Å²) in [6.07, 6.45) is 0.796. The van der Waals surface area contributed by atoms with Crippen LogP contribution in [0.2, 0.25) is 0 Å². The Balaban J connectivity index is 1.51. The van der Waals surface area contributed by atoms with Crippen molar-refractivity contribution in [2.24, 2.45) is 0 Å². The van der Waals surface area contributed by atoms with E-state index >= 15 is 0 Å². The van der Waals surface area contributed by atoms with Crippen LogP contribution in [0.5, 0.6) is 0 Å². The molecule has 6 nitrogen and oxygen atoms in total. The van der Waals surface area contributed by atoms with E-state index in [1.165, 1.54) is 11.3 Å². The van der Waals surface area contributed by atoms with E-state index in [9.17, 15) is 8.42 Å². The van der Waals surface area contributed by atoms with Crippen LogP contribution in [0.4, 0.5) is 5.88 Å². The minimum absolute atomic E-state index is 0.0946. The standard InChI is InChI=1S/C19H21N3O3S2/c1-19(13-7-5-4-6-8-13)12-16(19)21-27(23,24)18-10-9-15(26-18)14-11-17(22(2)3)25-20-14/h4-11,16,21H,12H2,1-3H3/t16-,19+/m0/s1. The van der Waals surface area contributed by atoms with Crippen LogP contribution in [0, 0.1) is 0 Å². The van der Waals surface area contributed by atoms with E-state index in [4.69, 9.17) is 4.52 Å². The first-order valence-electron chi connectivity index (χ1n) is 8.62. The molecule has 2 aromatic heterocycles. The van der Waals surface area contributed by atoms with Crippen molar-refractivity contribution in [3.63, 3.8) is 0 Å². The molecule has 0 radical (unpaired) electrons. The number of rotatable bonds is 6. The van der Waals surface area contributed by atoms with Gasteiger partial charge in [0, 0.05) is 31.6 Å². The van der Waals surface area contributed by atoms with Gasteiger partial charge in [0.25, 0.3) is 0 Å². The Bertz CT molecular complexity index is 1060. The summed E-state index contributed by atoms with van der Waals surface area (Å²) in [5, 5.41) is 4.02. The van der Waals surface area contributed by atoms with Crippen molar-refractivity contribution in [2.75, 3.05) is 19.0 Å². The molecule has 1 fully saturated rings. The quantitative estimate of drug-likeness (QED) is 0.682. The SMILES string of the molecule is CN(C)c1cc(-c2ccc(S(=O)(=O)N[C@H]3C[C@]3(C)c3ccccc3)s2)no1. The second-order valence-electron chi connectivity index (χ2n) is 7.22. The summed E-state index contributed by atoms with van der Waals surface area (Å²) in [6, 6.07) is 15.1. The average Bonchev–Trinajstić information content (AvgIpc) is 3.08. The summed E-state index contributed by atoms with van der Waals surface area (Å²) in [7, 11) is 0.145. The van der Waals surface area contributed by atoms with Gasteiger partial charge < -0.3 is 9.42 Å². The highest BCUT2D eigenvalue weighted by molar-refractivity contribution is 7.91. The highest BCUT2D eigenvalue weighted by Crippen LogP contribution is 2.48. The maximum atomic E-state index is 12.8. The molecular formula is C19H21N3O3S2. The summed E-state index contributed by atoms with van der Waals surface area (Å²) in [5.41, 5.74) is 1.63. The van der Waals surface area contributed by atoms with Crippen molar-refractivity contribution in [1.29, 1.82) is 0 Å². The van der Waals surface area contributed by atoms with Crippen LogP contribution in [-0.4, -0.2) is 33.7 Å². The molecule has 27 heavy (non-hydrogen) atoms. The zero-order chi connectivity index (χ0) is 19.2. The van der Waals surface area contributed by atoms with E-state index in [1.54, 1.807) is 23.1 Å². The lowest BCUT2D eigenvalue weighted by Crippen LogP contribution is -2.29. The molecule has 3 aromatic rings. The van der Waals surface area contributed by atoms with E-state index < -0.39 is 10.0 Å². The van der Waals surface area contributed by atoms with Crippen molar-refractivity contribution < 1.29 is 12.9 Å². The molecule has 0 aliphatic heterocycles. The number of hydrogen-bond donors (Lipinski definition) is 1. The number of benzene rings is 1. The Morgan fingerprint density at radius 1 is 1.22 bits per heavy atom. The second-order valence-corrected chi connectivity index (χ2v) is 10.2. The lowest BCUT2D eigenvalue weighted by Gasteiger charge is -2.12. The molecule has 1 saturated carbocycles. The molecule has 1 aliphatic carbocycles. The fourth-order valence-corrected chi connectivity index (χ4v) is 5.74. The van der Waals surface area contributed by atoms with E-state index in [1.807, 2.05) is 44.4 Å². The maximum Gasteiger partial charge on any atom is 0.250 e. The lowest BCUT2D eigenvalue weighted by atomic mass is 9.98. The Morgan fingerprint density at radius 3 is 2.63 bits per heavy atom. The van der Waals surface area contributed by atoms with Crippen LogP contribution in [0.1, 0.15) is 18.9 Å². The Morgan fingerprint density at radius 2 is 1.96 bits per heavy atom. The molecule has 1 N–H and O–H groups in total. The van der Waals surface area contributed by atoms with Gasteiger partial charge in [0.05, 0.1) is 4.88 Å². The predicted molar refractivity (Wildman–Crippen MR) is 107 cm³/mol. The van der Waals surface area contributed by atoms with Gasteiger partial charge in [-0.2, -0.15) is 0 Å². The van der Waals surface area contributed by atoms with Gasteiger partial charge in [-0.1, -0.05) is 42.4 Å². The van der Waals surface area contributed by atoms with Gasteiger partial charge >= 0.3 is 0 Å². The molecule has 1 aromatic carbocycles. The molecule has 8 heteroatoms. The van der Waals surface area contributed by atoms with Crippen LogP contribution in [0.25, 0.3) is 10.6 Å². The average molecular weight is 404 g/mol. The molecule has 4 rings (SSSR count).